The number of para-hydroxylation sites is 1. The lowest BCUT2D eigenvalue weighted by Crippen LogP contribution is -2.24. The Bertz CT molecular complexity index is 566. The Morgan fingerprint density at radius 3 is 2.82 bits per heavy atom. The van der Waals surface area contributed by atoms with Gasteiger partial charge in [0.2, 0.25) is 10.0 Å². The van der Waals surface area contributed by atoms with Crippen LogP contribution >= 0.6 is 0 Å². The van der Waals surface area contributed by atoms with Gasteiger partial charge in [-0.2, -0.15) is 0 Å². The highest BCUT2D eigenvalue weighted by Crippen LogP contribution is 2.36. The first kappa shape index (κ1) is 11.7. The molecule has 0 fully saturated rings. The second-order valence-corrected chi connectivity index (χ2v) is 5.57. The number of ether oxygens (including phenoxy) is 1. The maximum atomic E-state index is 11.1. The van der Waals surface area contributed by atoms with E-state index in [0.29, 0.717) is 11.3 Å². The number of hydrogen-bond donors (Lipinski definition) is 2. The van der Waals surface area contributed by atoms with Crippen molar-refractivity contribution in [3.8, 4) is 5.75 Å². The lowest BCUT2D eigenvalue weighted by molar-refractivity contribution is -0.144. The molecule has 0 aromatic heterocycles. The SMILES string of the molecule is CS(=O)(=O)Nc1cccc2c1O[C@@H](C(=O)O)C2. The molecule has 1 aromatic carbocycles. The van der Waals surface area contributed by atoms with Crippen molar-refractivity contribution in [3.05, 3.63) is 23.8 Å². The molecule has 0 bridgehead atoms. The Hall–Kier alpha value is -1.76. The highest BCUT2D eigenvalue weighted by molar-refractivity contribution is 7.92. The Balaban J connectivity index is 2.35. The number of benzene rings is 1. The zero-order chi connectivity index (χ0) is 12.6. The summed E-state index contributed by atoms with van der Waals surface area (Å²) in [6.07, 6.45) is 0.312. The first-order chi connectivity index (χ1) is 7.87. The molecule has 92 valence electrons. The van der Waals surface area contributed by atoms with E-state index in [2.05, 4.69) is 4.72 Å². The highest BCUT2D eigenvalue weighted by atomic mass is 32.2. The molecule has 0 saturated heterocycles. The molecule has 17 heavy (non-hydrogen) atoms. The molecule has 1 aliphatic rings. The van der Waals surface area contributed by atoms with Gasteiger partial charge in [-0.05, 0) is 6.07 Å². The third-order valence-electron chi connectivity index (χ3n) is 2.33. The number of hydrogen-bond acceptors (Lipinski definition) is 4. The van der Waals surface area contributed by atoms with Crippen molar-refractivity contribution in [2.75, 3.05) is 11.0 Å². The Morgan fingerprint density at radius 1 is 1.53 bits per heavy atom. The van der Waals surface area contributed by atoms with Crippen molar-refractivity contribution < 1.29 is 23.1 Å². The van der Waals surface area contributed by atoms with Crippen LogP contribution in [0.25, 0.3) is 0 Å². The summed E-state index contributed by atoms with van der Waals surface area (Å²) in [6.45, 7) is 0. The molecule has 0 radical (unpaired) electrons. The fraction of sp³-hybridized carbons (Fsp3) is 0.300. The van der Waals surface area contributed by atoms with Crippen LogP contribution in [-0.4, -0.2) is 31.9 Å². The summed E-state index contributed by atoms with van der Waals surface area (Å²) >= 11 is 0. The normalized spacial score (nSPS) is 18.3. The fourth-order valence-electron chi connectivity index (χ4n) is 1.69. The number of carboxylic acid groups (broad SMARTS) is 1. The smallest absolute Gasteiger partial charge is 0.345 e. The number of sulfonamides is 1. The lowest BCUT2D eigenvalue weighted by Gasteiger charge is -2.10. The molecule has 6 nitrogen and oxygen atoms in total. The molecule has 0 aliphatic carbocycles. The zero-order valence-corrected chi connectivity index (χ0v) is 9.82. The van der Waals surface area contributed by atoms with Gasteiger partial charge >= 0.3 is 5.97 Å². The van der Waals surface area contributed by atoms with Crippen LogP contribution in [0.3, 0.4) is 0 Å². The summed E-state index contributed by atoms with van der Waals surface area (Å²) in [4.78, 5) is 10.8. The number of carbonyl (C=O) groups is 1. The Labute approximate surface area is 98.3 Å². The largest absolute Gasteiger partial charge is 0.478 e. The topological polar surface area (TPSA) is 92.7 Å². The van der Waals surface area contributed by atoms with E-state index >= 15 is 0 Å². The van der Waals surface area contributed by atoms with Gasteiger partial charge in [0, 0.05) is 12.0 Å². The molecule has 2 rings (SSSR count). The monoisotopic (exact) mass is 257 g/mol. The van der Waals surface area contributed by atoms with E-state index in [-0.39, 0.29) is 12.1 Å². The third kappa shape index (κ3) is 2.50. The summed E-state index contributed by atoms with van der Waals surface area (Å²) in [5.41, 5.74) is 0.958. The standard InChI is InChI=1S/C10H11NO5S/c1-17(14,15)11-7-4-2-3-6-5-8(10(12)13)16-9(6)7/h2-4,8,11H,5H2,1H3,(H,12,13)/t8-/m1/s1. The number of carboxylic acids is 1. The van der Waals surface area contributed by atoms with Crippen LogP contribution in [-0.2, 0) is 21.2 Å². The van der Waals surface area contributed by atoms with Crippen molar-refractivity contribution in [3.63, 3.8) is 0 Å². The van der Waals surface area contributed by atoms with Crippen LogP contribution < -0.4 is 9.46 Å². The molecular weight excluding hydrogens is 246 g/mol. The van der Waals surface area contributed by atoms with Crippen LogP contribution in [0.15, 0.2) is 18.2 Å². The number of anilines is 1. The molecule has 1 heterocycles. The average molecular weight is 257 g/mol. The lowest BCUT2D eigenvalue weighted by atomic mass is 10.1. The van der Waals surface area contributed by atoms with Gasteiger partial charge in [0.15, 0.2) is 6.10 Å². The third-order valence-corrected chi connectivity index (χ3v) is 2.92. The molecule has 1 aliphatic heterocycles. The van der Waals surface area contributed by atoms with E-state index < -0.39 is 22.1 Å². The number of nitrogens with one attached hydrogen (secondary N) is 1. The van der Waals surface area contributed by atoms with Crippen LogP contribution in [0, 0.1) is 0 Å². The Kier molecular flexibility index (Phi) is 2.70. The van der Waals surface area contributed by atoms with Gasteiger partial charge in [0.1, 0.15) is 5.75 Å². The van der Waals surface area contributed by atoms with Crippen molar-refractivity contribution in [1.82, 2.24) is 0 Å². The molecule has 0 spiro atoms. The fourth-order valence-corrected chi connectivity index (χ4v) is 2.25. The van der Waals surface area contributed by atoms with E-state index in [1.54, 1.807) is 12.1 Å². The van der Waals surface area contributed by atoms with E-state index in [1.807, 2.05) is 0 Å². The van der Waals surface area contributed by atoms with Gasteiger partial charge in [0.25, 0.3) is 0 Å². The summed E-state index contributed by atoms with van der Waals surface area (Å²) in [7, 11) is -3.41. The van der Waals surface area contributed by atoms with Crippen LogP contribution in [0.2, 0.25) is 0 Å². The maximum absolute atomic E-state index is 11.1. The van der Waals surface area contributed by atoms with Gasteiger partial charge in [-0.3, -0.25) is 4.72 Å². The molecule has 7 heteroatoms. The minimum Gasteiger partial charge on any atom is -0.478 e. The van der Waals surface area contributed by atoms with E-state index in [0.717, 1.165) is 6.26 Å². The first-order valence-corrected chi connectivity index (χ1v) is 6.75. The summed E-state index contributed by atoms with van der Waals surface area (Å²) in [6, 6.07) is 4.90. The van der Waals surface area contributed by atoms with Gasteiger partial charge < -0.3 is 9.84 Å². The van der Waals surface area contributed by atoms with Crippen molar-refractivity contribution in [2.24, 2.45) is 0 Å². The van der Waals surface area contributed by atoms with E-state index in [9.17, 15) is 13.2 Å². The second-order valence-electron chi connectivity index (χ2n) is 3.82. The number of aliphatic carboxylic acids is 1. The van der Waals surface area contributed by atoms with Crippen molar-refractivity contribution in [1.29, 1.82) is 0 Å². The van der Waals surface area contributed by atoms with Gasteiger partial charge in [0.05, 0.1) is 11.9 Å². The second kappa shape index (κ2) is 3.92. The molecule has 0 unspecified atom stereocenters. The van der Waals surface area contributed by atoms with E-state index in [4.69, 9.17) is 9.84 Å². The predicted molar refractivity (Wildman–Crippen MR) is 60.7 cm³/mol. The molecule has 1 atom stereocenters. The predicted octanol–water partition coefficient (Wildman–Crippen LogP) is 0.446. The molecular formula is C10H11NO5S. The summed E-state index contributed by atoms with van der Waals surface area (Å²) < 4.78 is 29.8. The molecule has 0 saturated carbocycles. The van der Waals surface area contributed by atoms with Crippen molar-refractivity contribution >= 4 is 21.7 Å². The van der Waals surface area contributed by atoms with Crippen molar-refractivity contribution in [2.45, 2.75) is 12.5 Å². The summed E-state index contributed by atoms with van der Waals surface area (Å²) in [5, 5.41) is 8.85. The number of fused-ring (bicyclic) bond motifs is 1. The molecule has 2 N–H and O–H groups in total. The Morgan fingerprint density at radius 2 is 2.24 bits per heavy atom. The van der Waals surface area contributed by atoms with E-state index in [1.165, 1.54) is 6.07 Å². The average Bonchev–Trinajstić information content (AvgIpc) is 2.60. The highest BCUT2D eigenvalue weighted by Gasteiger charge is 2.30. The minimum absolute atomic E-state index is 0.240. The van der Waals surface area contributed by atoms with Crippen LogP contribution in [0.1, 0.15) is 5.56 Å². The van der Waals surface area contributed by atoms with Gasteiger partial charge in [-0.15, -0.1) is 0 Å². The quantitative estimate of drug-likeness (QED) is 0.820. The van der Waals surface area contributed by atoms with Gasteiger partial charge in [-0.25, -0.2) is 13.2 Å². The maximum Gasteiger partial charge on any atom is 0.345 e. The van der Waals surface area contributed by atoms with Crippen LogP contribution in [0.4, 0.5) is 5.69 Å². The number of rotatable bonds is 3. The first-order valence-electron chi connectivity index (χ1n) is 4.86. The molecule has 1 aromatic rings. The molecule has 0 amide bonds. The zero-order valence-electron chi connectivity index (χ0n) is 9.00. The summed E-state index contributed by atoms with van der Waals surface area (Å²) in [5.74, 6) is -0.767. The minimum atomic E-state index is -3.41. The van der Waals surface area contributed by atoms with Gasteiger partial charge in [-0.1, -0.05) is 12.1 Å². The van der Waals surface area contributed by atoms with Crippen LogP contribution in [0.5, 0.6) is 5.75 Å².